The molecule has 0 radical (unpaired) electrons. The van der Waals surface area contributed by atoms with Crippen molar-refractivity contribution in [1.82, 2.24) is 14.9 Å². The van der Waals surface area contributed by atoms with Crippen molar-refractivity contribution >= 4 is 28.6 Å². The number of rotatable bonds is 6. The number of amides is 1. The minimum Gasteiger partial charge on any atom is -0.351 e. The van der Waals surface area contributed by atoms with E-state index in [0.717, 1.165) is 17.3 Å². The van der Waals surface area contributed by atoms with E-state index in [1.165, 1.54) is 34.9 Å². The number of halogens is 2. The van der Waals surface area contributed by atoms with E-state index in [2.05, 4.69) is 10.3 Å². The molecule has 1 amide bonds. The van der Waals surface area contributed by atoms with Gasteiger partial charge in [-0.25, -0.2) is 13.8 Å². The van der Waals surface area contributed by atoms with E-state index in [4.69, 9.17) is 0 Å². The molecule has 1 N–H and O–H groups in total. The molecule has 1 aromatic heterocycles. The number of nitrogens with zero attached hydrogens (tertiary/aromatic N) is 2. The number of benzene rings is 3. The Morgan fingerprint density at radius 1 is 1.03 bits per heavy atom. The van der Waals surface area contributed by atoms with Crippen molar-refractivity contribution in [3.05, 3.63) is 100 Å². The second kappa shape index (κ2) is 9.32. The number of hydrogen-bond donors (Lipinski definition) is 1. The topological polar surface area (TPSA) is 64.0 Å². The molecule has 0 aliphatic rings. The second-order valence-electron chi connectivity index (χ2n) is 7.11. The summed E-state index contributed by atoms with van der Waals surface area (Å²) in [5.41, 5.74) is 0.870. The Labute approximate surface area is 187 Å². The molecular weight excluding hydrogens is 432 g/mol. The zero-order valence-electron chi connectivity index (χ0n) is 17.1. The summed E-state index contributed by atoms with van der Waals surface area (Å²) in [5.74, 6) is -1.21. The Balaban J connectivity index is 1.65. The third-order valence-electron chi connectivity index (χ3n) is 4.87. The molecule has 0 saturated carbocycles. The van der Waals surface area contributed by atoms with Gasteiger partial charge in [0.05, 0.1) is 21.8 Å². The molecule has 0 bridgehead atoms. The van der Waals surface area contributed by atoms with Crippen LogP contribution in [0.3, 0.4) is 0 Å². The summed E-state index contributed by atoms with van der Waals surface area (Å²) in [7, 11) is 0. The lowest BCUT2D eigenvalue weighted by atomic mass is 10.2. The van der Waals surface area contributed by atoms with Gasteiger partial charge >= 0.3 is 0 Å². The SMILES string of the molecule is CC(Sc1nc2ccccc2c(=O)n1-c1ccccc1F)C(=O)NCc1ccc(F)cc1. The van der Waals surface area contributed by atoms with Gasteiger partial charge in [0.2, 0.25) is 5.91 Å². The molecule has 4 aromatic rings. The average Bonchev–Trinajstić information content (AvgIpc) is 2.79. The van der Waals surface area contributed by atoms with Gasteiger partial charge in [-0.1, -0.05) is 48.2 Å². The van der Waals surface area contributed by atoms with Crippen LogP contribution in [0.25, 0.3) is 16.6 Å². The molecule has 162 valence electrons. The number of para-hydroxylation sites is 2. The van der Waals surface area contributed by atoms with Gasteiger partial charge < -0.3 is 5.32 Å². The molecule has 8 heteroatoms. The largest absolute Gasteiger partial charge is 0.351 e. The highest BCUT2D eigenvalue weighted by molar-refractivity contribution is 8.00. The summed E-state index contributed by atoms with van der Waals surface area (Å²) in [6, 6.07) is 18.6. The molecule has 1 unspecified atom stereocenters. The molecule has 4 rings (SSSR count). The molecule has 5 nitrogen and oxygen atoms in total. The maximum Gasteiger partial charge on any atom is 0.266 e. The smallest absolute Gasteiger partial charge is 0.266 e. The Hall–Kier alpha value is -3.52. The van der Waals surface area contributed by atoms with Crippen LogP contribution in [0, 0.1) is 11.6 Å². The third-order valence-corrected chi connectivity index (χ3v) is 5.92. The van der Waals surface area contributed by atoms with Crippen LogP contribution in [0.4, 0.5) is 8.78 Å². The first kappa shape index (κ1) is 21.7. The molecule has 0 fully saturated rings. The quantitative estimate of drug-likeness (QED) is 0.347. The van der Waals surface area contributed by atoms with Gasteiger partial charge in [0.1, 0.15) is 11.6 Å². The molecular formula is C24H19F2N3O2S. The molecule has 0 saturated heterocycles. The minimum absolute atomic E-state index is 0.0668. The Kier molecular flexibility index (Phi) is 6.32. The molecule has 0 aliphatic carbocycles. The Morgan fingerprint density at radius 3 is 2.47 bits per heavy atom. The van der Waals surface area contributed by atoms with Crippen LogP contribution in [0.15, 0.2) is 82.7 Å². The molecule has 0 aliphatic heterocycles. The lowest BCUT2D eigenvalue weighted by molar-refractivity contribution is -0.120. The molecule has 1 heterocycles. The predicted octanol–water partition coefficient (Wildman–Crippen LogP) is 4.46. The van der Waals surface area contributed by atoms with Crippen LogP contribution < -0.4 is 10.9 Å². The Bertz CT molecular complexity index is 1340. The van der Waals surface area contributed by atoms with Gasteiger partial charge in [0.25, 0.3) is 5.56 Å². The highest BCUT2D eigenvalue weighted by Gasteiger charge is 2.21. The van der Waals surface area contributed by atoms with Gasteiger partial charge in [-0.05, 0) is 48.9 Å². The normalized spacial score (nSPS) is 12.0. The summed E-state index contributed by atoms with van der Waals surface area (Å²) in [6.07, 6.45) is 0. The van der Waals surface area contributed by atoms with Crippen LogP contribution in [0.1, 0.15) is 12.5 Å². The van der Waals surface area contributed by atoms with E-state index in [1.807, 2.05) is 0 Å². The highest BCUT2D eigenvalue weighted by Crippen LogP contribution is 2.26. The van der Waals surface area contributed by atoms with Crippen molar-refractivity contribution < 1.29 is 13.6 Å². The highest BCUT2D eigenvalue weighted by atomic mass is 32.2. The maximum absolute atomic E-state index is 14.6. The van der Waals surface area contributed by atoms with Crippen LogP contribution in [0.2, 0.25) is 0 Å². The summed E-state index contributed by atoms with van der Waals surface area (Å²) >= 11 is 1.06. The Morgan fingerprint density at radius 2 is 1.72 bits per heavy atom. The van der Waals surface area contributed by atoms with Gasteiger partial charge in [-0.3, -0.25) is 14.2 Å². The van der Waals surface area contributed by atoms with Crippen LogP contribution in [-0.4, -0.2) is 20.7 Å². The van der Waals surface area contributed by atoms with Crippen molar-refractivity contribution in [2.75, 3.05) is 0 Å². The molecule has 3 aromatic carbocycles. The van der Waals surface area contributed by atoms with Crippen LogP contribution >= 0.6 is 11.8 Å². The van der Waals surface area contributed by atoms with Crippen molar-refractivity contribution in [3.8, 4) is 5.69 Å². The predicted molar refractivity (Wildman–Crippen MR) is 121 cm³/mol. The maximum atomic E-state index is 14.6. The first-order valence-corrected chi connectivity index (χ1v) is 10.8. The first-order chi connectivity index (χ1) is 15.4. The van der Waals surface area contributed by atoms with E-state index < -0.39 is 16.6 Å². The lowest BCUT2D eigenvalue weighted by Crippen LogP contribution is -2.31. The standard InChI is InChI=1S/C24H19F2N3O2S/c1-15(22(30)27-14-16-10-12-17(25)13-11-16)32-24-28-20-8-4-2-6-18(20)23(31)29(24)21-9-5-3-7-19(21)26/h2-13,15H,14H2,1H3,(H,27,30). The fourth-order valence-electron chi connectivity index (χ4n) is 3.18. The van der Waals surface area contributed by atoms with Crippen LogP contribution in [0.5, 0.6) is 0 Å². The number of carbonyl (C=O) groups is 1. The van der Waals surface area contributed by atoms with Gasteiger partial charge in [-0.2, -0.15) is 0 Å². The summed E-state index contributed by atoms with van der Waals surface area (Å²) in [5, 5.41) is 2.73. The summed E-state index contributed by atoms with van der Waals surface area (Å²) in [4.78, 5) is 30.4. The van der Waals surface area contributed by atoms with E-state index >= 15 is 0 Å². The van der Waals surface area contributed by atoms with Gasteiger partial charge in [0, 0.05) is 6.54 Å². The average molecular weight is 451 g/mol. The zero-order valence-corrected chi connectivity index (χ0v) is 17.9. The van der Waals surface area contributed by atoms with Crippen LogP contribution in [-0.2, 0) is 11.3 Å². The fourth-order valence-corrected chi connectivity index (χ4v) is 4.13. The first-order valence-electron chi connectivity index (χ1n) is 9.89. The van der Waals surface area contributed by atoms with Gasteiger partial charge in [-0.15, -0.1) is 0 Å². The third kappa shape index (κ3) is 4.55. The number of carbonyl (C=O) groups excluding carboxylic acids is 1. The molecule has 0 spiro atoms. The number of aromatic nitrogens is 2. The van der Waals surface area contributed by atoms with Crippen molar-refractivity contribution in [3.63, 3.8) is 0 Å². The number of fused-ring (bicyclic) bond motifs is 1. The van der Waals surface area contributed by atoms with Gasteiger partial charge in [0.15, 0.2) is 5.16 Å². The zero-order chi connectivity index (χ0) is 22.7. The second-order valence-corrected chi connectivity index (χ2v) is 8.42. The number of thioether (sulfide) groups is 1. The monoisotopic (exact) mass is 451 g/mol. The minimum atomic E-state index is -0.624. The molecule has 32 heavy (non-hydrogen) atoms. The lowest BCUT2D eigenvalue weighted by Gasteiger charge is -2.17. The van der Waals surface area contributed by atoms with Crippen molar-refractivity contribution in [2.24, 2.45) is 0 Å². The molecule has 1 atom stereocenters. The summed E-state index contributed by atoms with van der Waals surface area (Å²) < 4.78 is 28.8. The van der Waals surface area contributed by atoms with E-state index in [-0.39, 0.29) is 29.1 Å². The van der Waals surface area contributed by atoms with E-state index in [9.17, 15) is 18.4 Å². The fraction of sp³-hybridized carbons (Fsp3) is 0.125. The summed E-state index contributed by atoms with van der Waals surface area (Å²) in [6.45, 7) is 1.91. The van der Waals surface area contributed by atoms with E-state index in [1.54, 1.807) is 49.4 Å². The van der Waals surface area contributed by atoms with Crippen molar-refractivity contribution in [2.45, 2.75) is 23.9 Å². The van der Waals surface area contributed by atoms with Crippen molar-refractivity contribution in [1.29, 1.82) is 0 Å². The number of nitrogens with one attached hydrogen (secondary N) is 1. The van der Waals surface area contributed by atoms with E-state index in [0.29, 0.717) is 10.9 Å². The number of hydrogen-bond acceptors (Lipinski definition) is 4.